The molecule has 6 heteroatoms. The first-order valence-electron chi connectivity index (χ1n) is 10.3. The van der Waals surface area contributed by atoms with Crippen molar-refractivity contribution >= 4 is 23.0 Å². The Bertz CT molecular complexity index is 871. The molecule has 2 aromatic carbocycles. The number of anilines is 2. The smallest absolute Gasteiger partial charge is 0.293 e. The summed E-state index contributed by atoms with van der Waals surface area (Å²) in [6.45, 7) is 8.11. The van der Waals surface area contributed by atoms with Gasteiger partial charge in [-0.2, -0.15) is 0 Å². The lowest BCUT2D eigenvalue weighted by molar-refractivity contribution is -0.384. The van der Waals surface area contributed by atoms with E-state index >= 15 is 0 Å². The minimum absolute atomic E-state index is 0.0145. The number of nitrogens with zero attached hydrogens (tertiary/aromatic N) is 2. The number of hydrogen-bond acceptors (Lipinski definition) is 4. The predicted molar refractivity (Wildman–Crippen MR) is 117 cm³/mol. The van der Waals surface area contributed by atoms with Crippen molar-refractivity contribution < 1.29 is 9.72 Å². The van der Waals surface area contributed by atoms with Crippen molar-refractivity contribution in [2.45, 2.75) is 46.0 Å². The number of benzene rings is 2. The fraction of sp³-hybridized carbons (Fsp3) is 0.435. The molecule has 0 bridgehead atoms. The Labute approximate surface area is 172 Å². The van der Waals surface area contributed by atoms with E-state index in [9.17, 15) is 14.9 Å². The highest BCUT2D eigenvalue weighted by atomic mass is 16.6. The highest BCUT2D eigenvalue weighted by Crippen LogP contribution is 2.32. The lowest BCUT2D eigenvalue weighted by Crippen LogP contribution is -2.33. The molecule has 0 spiro atoms. The van der Waals surface area contributed by atoms with Crippen LogP contribution in [0, 0.1) is 16.0 Å². The molecule has 1 saturated heterocycles. The number of nitro benzene ring substituents is 1. The van der Waals surface area contributed by atoms with Gasteiger partial charge < -0.3 is 10.2 Å². The minimum atomic E-state index is -0.398. The van der Waals surface area contributed by atoms with E-state index in [1.807, 2.05) is 29.2 Å². The molecule has 1 atom stereocenters. The standard InChI is InChI=1S/C23H29N3O3/c1-4-17(3)18-5-8-20(9-6-18)24-23(27)19-7-10-21(22(15-19)26(28)29)25-13-11-16(2)12-14-25/h5-10,15-17H,4,11-14H2,1-3H3,(H,24,27)/t17-/m1/s1. The van der Waals surface area contributed by atoms with Crippen LogP contribution in [-0.4, -0.2) is 23.9 Å². The number of rotatable bonds is 6. The molecule has 3 rings (SSSR count). The molecule has 1 amide bonds. The van der Waals surface area contributed by atoms with Crippen molar-refractivity contribution in [1.82, 2.24) is 0 Å². The van der Waals surface area contributed by atoms with Gasteiger partial charge in [0.2, 0.25) is 0 Å². The van der Waals surface area contributed by atoms with Crippen LogP contribution in [0.2, 0.25) is 0 Å². The van der Waals surface area contributed by atoms with E-state index in [2.05, 4.69) is 26.1 Å². The second-order valence-corrected chi connectivity index (χ2v) is 8.02. The largest absolute Gasteiger partial charge is 0.366 e. The molecule has 0 saturated carbocycles. The van der Waals surface area contributed by atoms with Gasteiger partial charge in [-0.15, -0.1) is 0 Å². The zero-order chi connectivity index (χ0) is 21.0. The van der Waals surface area contributed by atoms with E-state index in [1.54, 1.807) is 12.1 Å². The van der Waals surface area contributed by atoms with Gasteiger partial charge in [-0.25, -0.2) is 0 Å². The first kappa shape index (κ1) is 20.8. The average Bonchev–Trinajstić information content (AvgIpc) is 2.73. The Kier molecular flexibility index (Phi) is 6.52. The molecular weight excluding hydrogens is 366 g/mol. The molecule has 1 N–H and O–H groups in total. The monoisotopic (exact) mass is 395 g/mol. The average molecular weight is 396 g/mol. The third-order valence-corrected chi connectivity index (χ3v) is 5.91. The minimum Gasteiger partial charge on any atom is -0.366 e. The summed E-state index contributed by atoms with van der Waals surface area (Å²) in [6.07, 6.45) is 3.09. The third kappa shape index (κ3) is 4.94. The summed E-state index contributed by atoms with van der Waals surface area (Å²) < 4.78 is 0. The molecule has 1 fully saturated rings. The summed E-state index contributed by atoms with van der Waals surface area (Å²) in [6, 6.07) is 12.5. The van der Waals surface area contributed by atoms with E-state index in [1.165, 1.54) is 11.6 Å². The molecule has 0 radical (unpaired) electrons. The molecule has 1 aliphatic rings. The molecule has 29 heavy (non-hydrogen) atoms. The first-order chi connectivity index (χ1) is 13.9. The zero-order valence-electron chi connectivity index (χ0n) is 17.4. The van der Waals surface area contributed by atoms with Crippen LogP contribution in [0.1, 0.15) is 61.9 Å². The molecule has 0 aromatic heterocycles. The van der Waals surface area contributed by atoms with Crippen molar-refractivity contribution in [3.8, 4) is 0 Å². The third-order valence-electron chi connectivity index (χ3n) is 5.91. The Balaban J connectivity index is 1.77. The highest BCUT2D eigenvalue weighted by Gasteiger charge is 2.24. The molecule has 154 valence electrons. The Morgan fingerprint density at radius 2 is 1.86 bits per heavy atom. The SMILES string of the molecule is CC[C@@H](C)c1ccc(NC(=O)c2ccc(N3CCC(C)CC3)c([N+](=O)[O-])c2)cc1. The Hall–Kier alpha value is -2.89. The molecule has 2 aromatic rings. The summed E-state index contributed by atoms with van der Waals surface area (Å²) in [5, 5.41) is 14.5. The fourth-order valence-electron chi connectivity index (χ4n) is 3.66. The van der Waals surface area contributed by atoms with Gasteiger partial charge in [-0.3, -0.25) is 14.9 Å². The number of amides is 1. The predicted octanol–water partition coefficient (Wildman–Crippen LogP) is 5.60. The van der Waals surface area contributed by atoms with E-state index in [4.69, 9.17) is 0 Å². The van der Waals surface area contributed by atoms with Crippen LogP contribution in [0.15, 0.2) is 42.5 Å². The Morgan fingerprint density at radius 1 is 1.21 bits per heavy atom. The quantitative estimate of drug-likeness (QED) is 0.510. The lowest BCUT2D eigenvalue weighted by Gasteiger charge is -2.31. The maximum Gasteiger partial charge on any atom is 0.293 e. The summed E-state index contributed by atoms with van der Waals surface area (Å²) in [4.78, 5) is 25.9. The van der Waals surface area contributed by atoms with Gasteiger partial charge in [0.05, 0.1) is 4.92 Å². The van der Waals surface area contributed by atoms with Gasteiger partial charge in [0.25, 0.3) is 11.6 Å². The van der Waals surface area contributed by atoms with Gasteiger partial charge in [0.1, 0.15) is 5.69 Å². The van der Waals surface area contributed by atoms with Crippen molar-refractivity contribution in [1.29, 1.82) is 0 Å². The summed E-state index contributed by atoms with van der Waals surface area (Å²) in [5.74, 6) is 0.762. The number of nitrogens with one attached hydrogen (secondary N) is 1. The lowest BCUT2D eigenvalue weighted by atomic mass is 9.98. The van der Waals surface area contributed by atoms with Crippen LogP contribution < -0.4 is 10.2 Å². The number of hydrogen-bond donors (Lipinski definition) is 1. The molecule has 6 nitrogen and oxygen atoms in total. The van der Waals surface area contributed by atoms with E-state index in [0.29, 0.717) is 23.2 Å². The maximum atomic E-state index is 12.6. The van der Waals surface area contributed by atoms with Crippen LogP contribution in [0.25, 0.3) is 0 Å². The van der Waals surface area contributed by atoms with Crippen LogP contribution in [-0.2, 0) is 0 Å². The molecular formula is C23H29N3O3. The van der Waals surface area contributed by atoms with Crippen LogP contribution in [0.5, 0.6) is 0 Å². The maximum absolute atomic E-state index is 12.6. The van der Waals surface area contributed by atoms with E-state index in [0.717, 1.165) is 32.4 Å². The van der Waals surface area contributed by atoms with Gasteiger partial charge >= 0.3 is 0 Å². The molecule has 0 unspecified atom stereocenters. The Morgan fingerprint density at radius 3 is 2.45 bits per heavy atom. The van der Waals surface area contributed by atoms with Gasteiger partial charge in [-0.05, 0) is 60.9 Å². The molecule has 1 aliphatic heterocycles. The molecule has 0 aliphatic carbocycles. The fourth-order valence-corrected chi connectivity index (χ4v) is 3.66. The topological polar surface area (TPSA) is 75.5 Å². The van der Waals surface area contributed by atoms with Crippen molar-refractivity contribution in [3.63, 3.8) is 0 Å². The summed E-state index contributed by atoms with van der Waals surface area (Å²) in [7, 11) is 0. The number of carbonyl (C=O) groups excluding carboxylic acids is 1. The first-order valence-corrected chi connectivity index (χ1v) is 10.3. The highest BCUT2D eigenvalue weighted by molar-refractivity contribution is 6.05. The second kappa shape index (κ2) is 9.07. The second-order valence-electron chi connectivity index (χ2n) is 8.02. The van der Waals surface area contributed by atoms with Gasteiger partial charge in [-0.1, -0.05) is 32.9 Å². The van der Waals surface area contributed by atoms with Crippen molar-refractivity contribution in [2.75, 3.05) is 23.3 Å². The summed E-state index contributed by atoms with van der Waals surface area (Å²) >= 11 is 0. The van der Waals surface area contributed by atoms with Gasteiger partial charge in [0.15, 0.2) is 0 Å². The molecule has 1 heterocycles. The van der Waals surface area contributed by atoms with Gasteiger partial charge in [0, 0.05) is 30.4 Å². The summed E-state index contributed by atoms with van der Waals surface area (Å²) in [5.41, 5.74) is 2.77. The van der Waals surface area contributed by atoms with Crippen LogP contribution >= 0.6 is 0 Å². The normalized spacial score (nSPS) is 15.8. The van der Waals surface area contributed by atoms with Crippen molar-refractivity contribution in [3.05, 3.63) is 63.7 Å². The van der Waals surface area contributed by atoms with Crippen LogP contribution in [0.4, 0.5) is 17.1 Å². The zero-order valence-corrected chi connectivity index (χ0v) is 17.4. The van der Waals surface area contributed by atoms with E-state index in [-0.39, 0.29) is 17.2 Å². The number of carbonyl (C=O) groups is 1. The van der Waals surface area contributed by atoms with E-state index < -0.39 is 4.92 Å². The number of piperidine rings is 1. The number of nitro groups is 1. The van der Waals surface area contributed by atoms with Crippen LogP contribution in [0.3, 0.4) is 0 Å². The van der Waals surface area contributed by atoms with Crippen molar-refractivity contribution in [2.24, 2.45) is 5.92 Å².